The lowest BCUT2D eigenvalue weighted by Gasteiger charge is -2.27. The van der Waals surface area contributed by atoms with E-state index in [1.165, 1.54) is 0 Å². The van der Waals surface area contributed by atoms with E-state index < -0.39 is 5.97 Å². The third kappa shape index (κ3) is 2.63. The van der Waals surface area contributed by atoms with Gasteiger partial charge < -0.3 is 16.6 Å². The Bertz CT molecular complexity index is 436. The molecular weight excluding hydrogens is 230 g/mol. The molecule has 2 atom stereocenters. The highest BCUT2D eigenvalue weighted by molar-refractivity contribution is 5.70. The minimum atomic E-state index is -0.721. The highest BCUT2D eigenvalue weighted by Gasteiger charge is 2.32. The summed E-state index contributed by atoms with van der Waals surface area (Å²) >= 11 is 0. The largest absolute Gasteiger partial charge is 0.481 e. The van der Waals surface area contributed by atoms with Crippen molar-refractivity contribution in [2.75, 3.05) is 25.4 Å². The molecule has 5 heteroatoms. The number of carboxylic acids is 1. The molecule has 0 spiro atoms. The monoisotopic (exact) mass is 249 g/mol. The van der Waals surface area contributed by atoms with Crippen molar-refractivity contribution in [1.82, 2.24) is 4.90 Å². The molecule has 0 amide bonds. The zero-order chi connectivity index (χ0) is 13.1. The Kier molecular flexibility index (Phi) is 3.84. The molecule has 1 aliphatic heterocycles. The van der Waals surface area contributed by atoms with Crippen LogP contribution in [0.5, 0.6) is 0 Å². The second-order valence-corrected chi connectivity index (χ2v) is 4.74. The molecule has 0 saturated carbocycles. The third-order valence-electron chi connectivity index (χ3n) is 3.53. The van der Waals surface area contributed by atoms with E-state index in [1.54, 1.807) is 0 Å². The van der Waals surface area contributed by atoms with Crippen molar-refractivity contribution >= 4 is 11.7 Å². The number of aliphatic carboxylic acids is 1. The van der Waals surface area contributed by atoms with Gasteiger partial charge in [-0.3, -0.25) is 9.69 Å². The topological polar surface area (TPSA) is 92.6 Å². The Labute approximate surface area is 106 Å². The van der Waals surface area contributed by atoms with E-state index >= 15 is 0 Å². The van der Waals surface area contributed by atoms with Crippen LogP contribution in [-0.4, -0.2) is 35.6 Å². The molecule has 1 saturated heterocycles. The average molecular weight is 249 g/mol. The first kappa shape index (κ1) is 12.9. The number of rotatable bonds is 4. The quantitative estimate of drug-likeness (QED) is 0.682. The van der Waals surface area contributed by atoms with Gasteiger partial charge in [0.15, 0.2) is 0 Å². The summed E-state index contributed by atoms with van der Waals surface area (Å²) in [6, 6.07) is 7.69. The van der Waals surface area contributed by atoms with E-state index in [1.807, 2.05) is 24.3 Å². The Morgan fingerprint density at radius 3 is 2.89 bits per heavy atom. The van der Waals surface area contributed by atoms with Crippen molar-refractivity contribution in [3.8, 4) is 0 Å². The lowest BCUT2D eigenvalue weighted by molar-refractivity contribution is -0.141. The predicted molar refractivity (Wildman–Crippen MR) is 70.0 cm³/mol. The summed E-state index contributed by atoms with van der Waals surface area (Å²) in [6.07, 6.45) is 0.689. The first-order chi connectivity index (χ1) is 8.61. The molecule has 1 fully saturated rings. The number of carbonyl (C=O) groups is 1. The standard InChI is InChI=1S/C13H19N3O2/c14-7-12(9-2-1-3-11(15)6-9)16-5-4-10(8-16)13(17)18/h1-3,6,10,12H,4-5,7-8,14-15H2,(H,17,18). The summed E-state index contributed by atoms with van der Waals surface area (Å²) in [4.78, 5) is 13.1. The summed E-state index contributed by atoms with van der Waals surface area (Å²) in [5.41, 5.74) is 13.4. The highest BCUT2D eigenvalue weighted by Crippen LogP contribution is 2.28. The van der Waals surface area contributed by atoms with Crippen LogP contribution in [0.3, 0.4) is 0 Å². The van der Waals surface area contributed by atoms with Gasteiger partial charge in [0.25, 0.3) is 0 Å². The first-order valence-corrected chi connectivity index (χ1v) is 6.14. The van der Waals surface area contributed by atoms with Gasteiger partial charge in [0.2, 0.25) is 0 Å². The van der Waals surface area contributed by atoms with E-state index in [9.17, 15) is 4.79 Å². The summed E-state index contributed by atoms with van der Waals surface area (Å²) in [6.45, 7) is 1.80. The Morgan fingerprint density at radius 1 is 1.56 bits per heavy atom. The number of anilines is 1. The molecule has 2 unspecified atom stereocenters. The fourth-order valence-corrected chi connectivity index (χ4v) is 2.53. The van der Waals surface area contributed by atoms with E-state index in [0.29, 0.717) is 25.2 Å². The number of likely N-dealkylation sites (tertiary alicyclic amines) is 1. The average Bonchev–Trinajstić information content (AvgIpc) is 2.80. The van der Waals surface area contributed by atoms with Crippen LogP contribution in [0.25, 0.3) is 0 Å². The molecule has 1 aliphatic rings. The van der Waals surface area contributed by atoms with Gasteiger partial charge in [0.05, 0.1) is 5.92 Å². The van der Waals surface area contributed by atoms with Crippen molar-refractivity contribution < 1.29 is 9.90 Å². The minimum absolute atomic E-state index is 0.0536. The van der Waals surface area contributed by atoms with Gasteiger partial charge in [-0.05, 0) is 30.7 Å². The van der Waals surface area contributed by atoms with Crippen molar-refractivity contribution in [1.29, 1.82) is 0 Å². The van der Waals surface area contributed by atoms with E-state index in [4.69, 9.17) is 16.6 Å². The summed E-state index contributed by atoms with van der Waals surface area (Å²) in [5, 5.41) is 9.02. The number of nitrogens with zero attached hydrogens (tertiary/aromatic N) is 1. The van der Waals surface area contributed by atoms with Gasteiger partial charge in [-0.25, -0.2) is 0 Å². The van der Waals surface area contributed by atoms with Crippen molar-refractivity contribution in [3.05, 3.63) is 29.8 Å². The fourth-order valence-electron chi connectivity index (χ4n) is 2.53. The Balaban J connectivity index is 2.13. The highest BCUT2D eigenvalue weighted by atomic mass is 16.4. The molecule has 1 aromatic carbocycles. The van der Waals surface area contributed by atoms with Crippen LogP contribution in [-0.2, 0) is 4.79 Å². The lowest BCUT2D eigenvalue weighted by atomic mass is 10.0. The zero-order valence-electron chi connectivity index (χ0n) is 10.2. The molecule has 1 heterocycles. The molecule has 0 aromatic heterocycles. The van der Waals surface area contributed by atoms with E-state index in [-0.39, 0.29) is 12.0 Å². The van der Waals surface area contributed by atoms with Crippen molar-refractivity contribution in [2.24, 2.45) is 11.7 Å². The smallest absolute Gasteiger partial charge is 0.307 e. The van der Waals surface area contributed by atoms with Gasteiger partial charge in [-0.2, -0.15) is 0 Å². The van der Waals surface area contributed by atoms with Gasteiger partial charge in [-0.15, -0.1) is 0 Å². The van der Waals surface area contributed by atoms with Gasteiger partial charge in [0, 0.05) is 24.8 Å². The van der Waals surface area contributed by atoms with Crippen molar-refractivity contribution in [2.45, 2.75) is 12.5 Å². The van der Waals surface area contributed by atoms with Gasteiger partial charge >= 0.3 is 5.97 Å². The second kappa shape index (κ2) is 5.37. The van der Waals surface area contributed by atoms with Gasteiger partial charge in [0.1, 0.15) is 0 Å². The fraction of sp³-hybridized carbons (Fsp3) is 0.462. The molecule has 2 rings (SSSR count). The zero-order valence-corrected chi connectivity index (χ0v) is 10.2. The Morgan fingerprint density at radius 2 is 2.33 bits per heavy atom. The third-order valence-corrected chi connectivity index (χ3v) is 3.53. The normalized spacial score (nSPS) is 21.9. The molecule has 18 heavy (non-hydrogen) atoms. The number of hydrogen-bond donors (Lipinski definition) is 3. The maximum atomic E-state index is 11.0. The molecule has 0 aliphatic carbocycles. The number of nitrogen functional groups attached to an aromatic ring is 1. The maximum absolute atomic E-state index is 11.0. The SMILES string of the molecule is NCC(c1cccc(N)c1)N1CCC(C(=O)O)C1. The predicted octanol–water partition coefficient (Wildman–Crippen LogP) is 0.675. The van der Waals surface area contributed by atoms with Crippen LogP contribution in [0.15, 0.2) is 24.3 Å². The van der Waals surface area contributed by atoms with Crippen LogP contribution in [0.2, 0.25) is 0 Å². The number of hydrogen-bond acceptors (Lipinski definition) is 4. The maximum Gasteiger partial charge on any atom is 0.307 e. The number of carboxylic acid groups (broad SMARTS) is 1. The summed E-state index contributed by atoms with van der Waals surface area (Å²) in [5.74, 6) is -0.999. The summed E-state index contributed by atoms with van der Waals surface area (Å²) < 4.78 is 0. The minimum Gasteiger partial charge on any atom is -0.481 e. The van der Waals surface area contributed by atoms with Crippen LogP contribution < -0.4 is 11.5 Å². The lowest BCUT2D eigenvalue weighted by Crippen LogP contribution is -2.32. The first-order valence-electron chi connectivity index (χ1n) is 6.14. The molecule has 98 valence electrons. The van der Waals surface area contributed by atoms with Crippen molar-refractivity contribution in [3.63, 3.8) is 0 Å². The summed E-state index contributed by atoms with van der Waals surface area (Å²) in [7, 11) is 0. The number of benzene rings is 1. The van der Waals surface area contributed by atoms with E-state index in [2.05, 4.69) is 4.90 Å². The molecular formula is C13H19N3O2. The van der Waals surface area contributed by atoms with Crippen LogP contribution in [0.1, 0.15) is 18.0 Å². The Hall–Kier alpha value is -1.59. The second-order valence-electron chi connectivity index (χ2n) is 4.74. The molecule has 0 radical (unpaired) electrons. The van der Waals surface area contributed by atoms with E-state index in [0.717, 1.165) is 12.1 Å². The molecule has 5 nitrogen and oxygen atoms in total. The van der Waals surface area contributed by atoms with Crippen LogP contribution in [0.4, 0.5) is 5.69 Å². The molecule has 5 N–H and O–H groups in total. The van der Waals surface area contributed by atoms with Crippen LogP contribution >= 0.6 is 0 Å². The van der Waals surface area contributed by atoms with Crippen LogP contribution in [0, 0.1) is 5.92 Å². The molecule has 1 aromatic rings. The van der Waals surface area contributed by atoms with Gasteiger partial charge in [-0.1, -0.05) is 12.1 Å². The molecule has 0 bridgehead atoms. The number of nitrogens with two attached hydrogens (primary N) is 2.